The average molecular weight is 514 g/mol. The molecule has 35 heavy (non-hydrogen) atoms. The van der Waals surface area contributed by atoms with Crippen molar-refractivity contribution >= 4 is 27.0 Å². The zero-order chi connectivity index (χ0) is 25.5. The molecule has 1 aliphatic heterocycles. The van der Waals surface area contributed by atoms with Crippen LogP contribution in [0.5, 0.6) is 0 Å². The van der Waals surface area contributed by atoms with E-state index in [9.17, 15) is 27.1 Å². The second kappa shape index (κ2) is 9.70. The first-order valence-electron chi connectivity index (χ1n) is 12.1. The van der Waals surface area contributed by atoms with Crippen molar-refractivity contribution in [2.24, 2.45) is 5.92 Å². The van der Waals surface area contributed by atoms with E-state index in [1.54, 1.807) is 6.92 Å². The molecule has 2 aliphatic rings. The van der Waals surface area contributed by atoms with Gasteiger partial charge >= 0.3 is 0 Å². The molecule has 0 bridgehead atoms. The van der Waals surface area contributed by atoms with Crippen LogP contribution in [0.4, 0.5) is 14.7 Å². The van der Waals surface area contributed by atoms with E-state index >= 15 is 0 Å². The van der Waals surface area contributed by atoms with Crippen molar-refractivity contribution < 1.29 is 22.3 Å². The minimum atomic E-state index is -3.30. The summed E-state index contributed by atoms with van der Waals surface area (Å²) in [6.45, 7) is 6.12. The van der Waals surface area contributed by atoms with Gasteiger partial charge in [-0.25, -0.2) is 26.5 Å². The van der Waals surface area contributed by atoms with Gasteiger partial charge in [0.15, 0.2) is 0 Å². The Morgan fingerprint density at radius 3 is 2.51 bits per heavy atom. The van der Waals surface area contributed by atoms with Gasteiger partial charge in [-0.3, -0.25) is 9.36 Å². The SMILES string of the molecule is CC(C)CS(=O)(=O)N1CCC(Nc2ncc3cc(C(F)F)c(=O)n([C@@H]4CCC[C@@]4(C)O)c3n2)CC1. The Morgan fingerprint density at radius 1 is 1.26 bits per heavy atom. The lowest BCUT2D eigenvalue weighted by molar-refractivity contribution is 0.0261. The maximum atomic E-state index is 13.6. The van der Waals surface area contributed by atoms with Crippen molar-refractivity contribution in [1.29, 1.82) is 0 Å². The number of halogens is 2. The molecule has 0 amide bonds. The van der Waals surface area contributed by atoms with E-state index in [0.717, 1.165) is 6.07 Å². The summed E-state index contributed by atoms with van der Waals surface area (Å²) in [4.78, 5) is 21.8. The van der Waals surface area contributed by atoms with Gasteiger partial charge in [-0.2, -0.15) is 4.98 Å². The number of aliphatic hydroxyl groups is 1. The molecule has 0 aromatic carbocycles. The molecule has 0 unspecified atom stereocenters. The van der Waals surface area contributed by atoms with Gasteiger partial charge in [0.2, 0.25) is 16.0 Å². The molecule has 12 heteroatoms. The highest BCUT2D eigenvalue weighted by atomic mass is 32.2. The van der Waals surface area contributed by atoms with Crippen LogP contribution in [0.3, 0.4) is 0 Å². The number of hydrogen-bond donors (Lipinski definition) is 2. The van der Waals surface area contributed by atoms with Gasteiger partial charge in [0.25, 0.3) is 12.0 Å². The van der Waals surface area contributed by atoms with Gasteiger partial charge in [-0.05, 0) is 51.0 Å². The first-order chi connectivity index (χ1) is 16.4. The zero-order valence-corrected chi connectivity index (χ0v) is 21.1. The van der Waals surface area contributed by atoms with Crippen LogP contribution in [0, 0.1) is 5.92 Å². The van der Waals surface area contributed by atoms with Gasteiger partial charge in [0.1, 0.15) is 5.65 Å². The Kier molecular flexibility index (Phi) is 7.18. The summed E-state index contributed by atoms with van der Waals surface area (Å²) >= 11 is 0. The molecular formula is C23H33F2N5O4S. The monoisotopic (exact) mass is 513 g/mol. The number of rotatable bonds is 7. The third kappa shape index (κ3) is 5.34. The van der Waals surface area contributed by atoms with E-state index < -0.39 is 39.2 Å². The lowest BCUT2D eigenvalue weighted by atomic mass is 9.99. The van der Waals surface area contributed by atoms with Gasteiger partial charge in [-0.15, -0.1) is 0 Å². The average Bonchev–Trinajstić information content (AvgIpc) is 3.11. The predicted octanol–water partition coefficient (Wildman–Crippen LogP) is 3.07. The van der Waals surface area contributed by atoms with Gasteiger partial charge in [-0.1, -0.05) is 13.8 Å². The summed E-state index contributed by atoms with van der Waals surface area (Å²) < 4.78 is 55.0. The molecule has 4 rings (SSSR count). The molecule has 2 N–H and O–H groups in total. The van der Waals surface area contributed by atoms with Gasteiger partial charge < -0.3 is 10.4 Å². The normalized spacial score (nSPS) is 24.6. The number of anilines is 1. The molecule has 1 saturated carbocycles. The van der Waals surface area contributed by atoms with Crippen LogP contribution in [0.25, 0.3) is 11.0 Å². The summed E-state index contributed by atoms with van der Waals surface area (Å²) in [5.41, 5.74) is -2.52. The minimum Gasteiger partial charge on any atom is -0.388 e. The van der Waals surface area contributed by atoms with E-state index in [-0.39, 0.29) is 29.3 Å². The number of hydrogen-bond acceptors (Lipinski definition) is 7. The Labute approximate surface area is 203 Å². The van der Waals surface area contributed by atoms with Crippen LogP contribution in [0.15, 0.2) is 17.1 Å². The second-order valence-electron chi connectivity index (χ2n) is 10.3. The smallest absolute Gasteiger partial charge is 0.269 e. The molecule has 2 aromatic heterocycles. The number of fused-ring (bicyclic) bond motifs is 1. The molecule has 3 heterocycles. The summed E-state index contributed by atoms with van der Waals surface area (Å²) in [6.07, 6.45) is 1.17. The highest BCUT2D eigenvalue weighted by molar-refractivity contribution is 7.89. The first kappa shape index (κ1) is 25.9. The fourth-order valence-corrected chi connectivity index (χ4v) is 7.00. The third-order valence-corrected chi connectivity index (χ3v) is 9.19. The van der Waals surface area contributed by atoms with E-state index in [1.165, 1.54) is 15.1 Å². The van der Waals surface area contributed by atoms with Crippen molar-refractivity contribution in [2.45, 2.75) is 77.0 Å². The van der Waals surface area contributed by atoms with Crippen molar-refractivity contribution in [3.05, 3.63) is 28.2 Å². The number of sulfonamides is 1. The van der Waals surface area contributed by atoms with Crippen LogP contribution in [-0.4, -0.2) is 62.8 Å². The quantitative estimate of drug-likeness (QED) is 0.584. The summed E-state index contributed by atoms with van der Waals surface area (Å²) in [5.74, 6) is 0.393. The predicted molar refractivity (Wildman–Crippen MR) is 129 cm³/mol. The van der Waals surface area contributed by atoms with Gasteiger partial charge in [0.05, 0.1) is 23.0 Å². The number of piperidine rings is 1. The largest absolute Gasteiger partial charge is 0.388 e. The second-order valence-corrected chi connectivity index (χ2v) is 12.3. The molecule has 0 radical (unpaired) electrons. The fourth-order valence-electron chi connectivity index (χ4n) is 5.18. The molecular weight excluding hydrogens is 480 g/mol. The van der Waals surface area contributed by atoms with Crippen molar-refractivity contribution in [2.75, 3.05) is 24.2 Å². The number of nitrogens with zero attached hydrogens (tertiary/aromatic N) is 4. The van der Waals surface area contributed by atoms with Crippen molar-refractivity contribution in [3.8, 4) is 0 Å². The molecule has 194 valence electrons. The van der Waals surface area contributed by atoms with Gasteiger partial charge in [0, 0.05) is 30.7 Å². The topological polar surface area (TPSA) is 117 Å². The highest BCUT2D eigenvalue weighted by Gasteiger charge is 2.40. The minimum absolute atomic E-state index is 0.0469. The first-order valence-corrected chi connectivity index (χ1v) is 13.7. The lowest BCUT2D eigenvalue weighted by Crippen LogP contribution is -2.44. The summed E-state index contributed by atoms with van der Waals surface area (Å²) in [7, 11) is -3.30. The van der Waals surface area contributed by atoms with Crippen LogP contribution in [0.2, 0.25) is 0 Å². The van der Waals surface area contributed by atoms with E-state index in [2.05, 4.69) is 15.3 Å². The van der Waals surface area contributed by atoms with Crippen molar-refractivity contribution in [3.63, 3.8) is 0 Å². The Balaban J connectivity index is 1.61. The lowest BCUT2D eigenvalue weighted by Gasteiger charge is -2.32. The standard InChI is InChI=1S/C23H33F2N5O4S/c1-14(2)13-35(33,34)29-9-6-16(7-10-29)27-22-26-12-15-11-17(19(24)25)21(31)30(20(15)28-22)18-5-4-8-23(18,3)32/h11-12,14,16,18-19,32H,4-10,13H2,1-3H3,(H,26,27,28)/t18-,23-/m1/s1. The number of pyridine rings is 1. The molecule has 2 fully saturated rings. The number of alkyl halides is 2. The maximum absolute atomic E-state index is 13.6. The highest BCUT2D eigenvalue weighted by Crippen LogP contribution is 2.39. The van der Waals surface area contributed by atoms with E-state index in [1.807, 2.05) is 13.8 Å². The molecule has 9 nitrogen and oxygen atoms in total. The molecule has 0 spiro atoms. The van der Waals surface area contributed by atoms with Crippen LogP contribution in [0.1, 0.15) is 70.9 Å². The molecule has 2 atom stereocenters. The summed E-state index contributed by atoms with van der Waals surface area (Å²) in [5, 5.41) is 14.3. The van der Waals surface area contributed by atoms with Crippen LogP contribution < -0.4 is 10.9 Å². The Morgan fingerprint density at radius 2 is 1.94 bits per heavy atom. The molecule has 1 saturated heterocycles. The molecule has 2 aromatic rings. The van der Waals surface area contributed by atoms with Crippen molar-refractivity contribution in [1.82, 2.24) is 18.8 Å². The number of aromatic nitrogens is 3. The number of nitrogens with one attached hydrogen (secondary N) is 1. The van der Waals surface area contributed by atoms with Crippen LogP contribution in [-0.2, 0) is 10.0 Å². The van der Waals surface area contributed by atoms with Crippen LogP contribution >= 0.6 is 0 Å². The third-order valence-electron chi connectivity index (χ3n) is 6.95. The fraction of sp³-hybridized carbons (Fsp3) is 0.696. The molecule has 1 aliphatic carbocycles. The van der Waals surface area contributed by atoms with E-state index in [4.69, 9.17) is 0 Å². The van der Waals surface area contributed by atoms with E-state index in [0.29, 0.717) is 50.6 Å². The Bertz CT molecular complexity index is 1240. The zero-order valence-electron chi connectivity index (χ0n) is 20.2. The summed E-state index contributed by atoms with van der Waals surface area (Å²) in [6, 6.07) is 0.367. The maximum Gasteiger partial charge on any atom is 0.269 e. The Hall–Kier alpha value is -2.18.